The Bertz CT molecular complexity index is 37.8. The summed E-state index contributed by atoms with van der Waals surface area (Å²) in [5.74, 6) is 0. The van der Waals surface area contributed by atoms with E-state index in [9.17, 15) is 0 Å². The van der Waals surface area contributed by atoms with Crippen LogP contribution < -0.4 is 6.15 Å². The molecule has 0 aromatic rings. The molecule has 0 amide bonds. The lowest BCUT2D eigenvalue weighted by Crippen LogP contribution is -2.04. The van der Waals surface area contributed by atoms with Gasteiger partial charge in [0.05, 0.1) is 0 Å². The van der Waals surface area contributed by atoms with Gasteiger partial charge in [0.2, 0.25) is 0 Å². The third-order valence-corrected chi connectivity index (χ3v) is 1.40. The molecule has 0 aromatic heterocycles. The van der Waals surface area contributed by atoms with Gasteiger partial charge in [0.15, 0.2) is 0 Å². The molecule has 2 heteroatoms. The molecule has 0 aromatic carbocycles. The quantitative estimate of drug-likeness (QED) is 0.600. The first kappa shape index (κ1) is 10.4. The molecule has 0 aliphatic rings. The second-order valence-corrected chi connectivity index (χ2v) is 4.22. The molecule has 0 radical (unpaired) electrons. The van der Waals surface area contributed by atoms with Crippen LogP contribution in [-0.2, 0) is 0 Å². The fraction of sp³-hybridized carbons (Fsp3) is 1.00. The smallest absolute Gasteiger partial charge is 0.0199 e. The number of alkyl halides is 1. The van der Waals surface area contributed by atoms with E-state index in [0.717, 1.165) is 0 Å². The first-order valence-electron chi connectivity index (χ1n) is 2.25. The Balaban J connectivity index is 0. The van der Waals surface area contributed by atoms with Crippen molar-refractivity contribution in [2.75, 3.05) is 0 Å². The van der Waals surface area contributed by atoms with E-state index in [1.54, 1.807) is 0 Å². The van der Waals surface area contributed by atoms with Crippen molar-refractivity contribution >= 4 is 15.9 Å². The maximum Gasteiger partial charge on any atom is 0.0199 e. The van der Waals surface area contributed by atoms with Crippen molar-refractivity contribution < 1.29 is 0 Å². The largest absolute Gasteiger partial charge is 0.344 e. The molecule has 0 atom stereocenters. The third kappa shape index (κ3) is 10.7. The minimum Gasteiger partial charge on any atom is -0.344 e. The molecule has 0 heterocycles. The van der Waals surface area contributed by atoms with E-state index in [2.05, 4.69) is 36.7 Å². The zero-order valence-electron chi connectivity index (χ0n) is 5.29. The normalized spacial score (nSPS) is 10.3. The lowest BCUT2D eigenvalue weighted by Gasteiger charge is -2.09. The topological polar surface area (TPSA) is 35.0 Å². The van der Waals surface area contributed by atoms with Crippen LogP contribution in [0.2, 0.25) is 0 Å². The van der Waals surface area contributed by atoms with Crippen molar-refractivity contribution in [1.29, 1.82) is 0 Å². The van der Waals surface area contributed by atoms with Gasteiger partial charge in [-0.3, -0.25) is 0 Å². The molecule has 0 aliphatic heterocycles. The molecule has 0 spiro atoms. The lowest BCUT2D eigenvalue weighted by atomic mass is 10.2. The zero-order valence-corrected chi connectivity index (χ0v) is 6.88. The van der Waals surface area contributed by atoms with E-state index >= 15 is 0 Å². The van der Waals surface area contributed by atoms with Gasteiger partial charge in [-0.2, -0.15) is 0 Å². The van der Waals surface area contributed by atoms with Crippen LogP contribution >= 0.6 is 15.9 Å². The van der Waals surface area contributed by atoms with E-state index in [0.29, 0.717) is 4.32 Å². The molecular weight excluding hydrogens is 154 g/mol. The highest BCUT2D eigenvalue weighted by atomic mass is 79.9. The molecule has 0 fully saturated rings. The predicted octanol–water partition coefficient (Wildman–Crippen LogP) is 2.73. The summed E-state index contributed by atoms with van der Waals surface area (Å²) in [6.45, 7) is 6.48. The summed E-state index contributed by atoms with van der Waals surface area (Å²) in [5, 5.41) is 0. The van der Waals surface area contributed by atoms with E-state index in [1.807, 2.05) is 0 Å². The molecule has 1 nitrogen and oxygen atoms in total. The summed E-state index contributed by atoms with van der Waals surface area (Å²) in [5.41, 5.74) is 0. The number of rotatable bonds is 1. The summed E-state index contributed by atoms with van der Waals surface area (Å²) < 4.78 is 0.354. The molecule has 3 N–H and O–H groups in total. The predicted molar refractivity (Wildman–Crippen MR) is 38.3 cm³/mol. The van der Waals surface area contributed by atoms with Gasteiger partial charge in [0, 0.05) is 4.32 Å². The molecule has 0 bridgehead atoms. The molecular formula is C5H14BrN. The maximum atomic E-state index is 3.48. The average molecular weight is 168 g/mol. The van der Waals surface area contributed by atoms with Gasteiger partial charge in [-0.25, -0.2) is 0 Å². The van der Waals surface area contributed by atoms with Crippen molar-refractivity contribution in [2.45, 2.75) is 31.5 Å². The van der Waals surface area contributed by atoms with Gasteiger partial charge < -0.3 is 6.15 Å². The Hall–Kier alpha value is 0.440. The van der Waals surface area contributed by atoms with Gasteiger partial charge in [-0.05, 0) is 6.42 Å². The van der Waals surface area contributed by atoms with Crippen molar-refractivity contribution in [3.05, 3.63) is 0 Å². The second kappa shape index (κ2) is 3.44. The van der Waals surface area contributed by atoms with Crippen molar-refractivity contribution in [3.63, 3.8) is 0 Å². The molecule has 46 valence electrons. The van der Waals surface area contributed by atoms with Gasteiger partial charge in [-0.15, -0.1) is 0 Å². The van der Waals surface area contributed by atoms with Gasteiger partial charge in [0.25, 0.3) is 0 Å². The van der Waals surface area contributed by atoms with Crippen LogP contribution in [-0.4, -0.2) is 4.32 Å². The van der Waals surface area contributed by atoms with Crippen LogP contribution in [0.5, 0.6) is 0 Å². The maximum absolute atomic E-state index is 3.48. The van der Waals surface area contributed by atoms with Gasteiger partial charge >= 0.3 is 0 Å². The van der Waals surface area contributed by atoms with E-state index in [4.69, 9.17) is 0 Å². The SMILES string of the molecule is CCC(C)(C)Br.N. The van der Waals surface area contributed by atoms with Crippen LogP contribution in [0.4, 0.5) is 0 Å². The molecule has 0 saturated heterocycles. The first-order chi connectivity index (χ1) is 2.56. The van der Waals surface area contributed by atoms with E-state index in [-0.39, 0.29) is 6.15 Å². The summed E-state index contributed by atoms with van der Waals surface area (Å²) in [7, 11) is 0. The minimum atomic E-state index is 0. The van der Waals surface area contributed by atoms with Crippen LogP contribution in [0.1, 0.15) is 27.2 Å². The van der Waals surface area contributed by atoms with Crippen molar-refractivity contribution in [1.82, 2.24) is 6.15 Å². The lowest BCUT2D eigenvalue weighted by molar-refractivity contribution is 0.701. The average Bonchev–Trinajstić information content (AvgIpc) is 1.35. The highest BCUT2D eigenvalue weighted by Crippen LogP contribution is 2.18. The molecule has 0 unspecified atom stereocenters. The Morgan fingerprint density at radius 1 is 1.43 bits per heavy atom. The third-order valence-electron chi connectivity index (χ3n) is 0.841. The number of halogens is 1. The standard InChI is InChI=1S/C5H11Br.H3N/c1-4-5(2,3)6;/h4H2,1-3H3;1H3. The summed E-state index contributed by atoms with van der Waals surface area (Å²) >= 11 is 3.48. The van der Waals surface area contributed by atoms with E-state index < -0.39 is 0 Å². The zero-order chi connectivity index (χ0) is 5.21. The Kier molecular flexibility index (Phi) is 5.13. The Morgan fingerprint density at radius 3 is 1.57 bits per heavy atom. The summed E-state index contributed by atoms with van der Waals surface area (Å²) in [4.78, 5) is 0. The van der Waals surface area contributed by atoms with Crippen LogP contribution in [0.25, 0.3) is 0 Å². The van der Waals surface area contributed by atoms with Gasteiger partial charge in [-0.1, -0.05) is 36.7 Å². The first-order valence-corrected chi connectivity index (χ1v) is 3.04. The Morgan fingerprint density at radius 2 is 1.57 bits per heavy atom. The van der Waals surface area contributed by atoms with E-state index in [1.165, 1.54) is 6.42 Å². The summed E-state index contributed by atoms with van der Waals surface area (Å²) in [6, 6.07) is 0. The molecule has 0 saturated carbocycles. The highest BCUT2D eigenvalue weighted by Gasteiger charge is 2.06. The van der Waals surface area contributed by atoms with Crippen LogP contribution in [0.15, 0.2) is 0 Å². The highest BCUT2D eigenvalue weighted by molar-refractivity contribution is 9.10. The monoisotopic (exact) mass is 167 g/mol. The van der Waals surface area contributed by atoms with Gasteiger partial charge in [0.1, 0.15) is 0 Å². The summed E-state index contributed by atoms with van der Waals surface area (Å²) in [6.07, 6.45) is 1.19. The second-order valence-electron chi connectivity index (χ2n) is 2.07. The van der Waals surface area contributed by atoms with Crippen molar-refractivity contribution in [2.24, 2.45) is 0 Å². The van der Waals surface area contributed by atoms with Crippen LogP contribution in [0.3, 0.4) is 0 Å². The number of hydrogen-bond acceptors (Lipinski definition) is 1. The van der Waals surface area contributed by atoms with Crippen molar-refractivity contribution in [3.8, 4) is 0 Å². The fourth-order valence-electron chi connectivity index (χ4n) is 0. The molecule has 0 rings (SSSR count). The van der Waals surface area contributed by atoms with Crippen LogP contribution in [0, 0.1) is 0 Å². The minimum absolute atomic E-state index is 0. The fourth-order valence-corrected chi connectivity index (χ4v) is 0. The molecule has 7 heavy (non-hydrogen) atoms. The molecule has 0 aliphatic carbocycles. The number of hydrogen-bond donors (Lipinski definition) is 1. The Labute approximate surface area is 54.2 Å².